The van der Waals surface area contributed by atoms with Crippen molar-refractivity contribution in [2.75, 3.05) is 45.8 Å². The summed E-state index contributed by atoms with van der Waals surface area (Å²) in [6.07, 6.45) is 7.18. The second kappa shape index (κ2) is 5.89. The van der Waals surface area contributed by atoms with Gasteiger partial charge in [-0.05, 0) is 45.3 Å². The zero-order valence-corrected chi connectivity index (χ0v) is 12.0. The number of likely N-dealkylation sites (tertiary alicyclic amines) is 1. The van der Waals surface area contributed by atoms with Gasteiger partial charge in [-0.25, -0.2) is 0 Å². The average molecular weight is 251 g/mol. The lowest BCUT2D eigenvalue weighted by atomic mass is 9.96. The molecule has 0 radical (unpaired) electrons. The van der Waals surface area contributed by atoms with E-state index in [1.807, 2.05) is 0 Å². The van der Waals surface area contributed by atoms with E-state index >= 15 is 0 Å². The molecule has 0 aromatic heterocycles. The average Bonchev–Trinajstić information content (AvgIpc) is 2.47. The van der Waals surface area contributed by atoms with Gasteiger partial charge in [-0.1, -0.05) is 13.3 Å². The molecule has 0 saturated carbocycles. The zero-order valence-electron chi connectivity index (χ0n) is 12.0. The molecule has 0 amide bonds. The van der Waals surface area contributed by atoms with E-state index in [4.69, 9.17) is 0 Å². The summed E-state index contributed by atoms with van der Waals surface area (Å²) in [5.74, 6) is 0. The van der Waals surface area contributed by atoms with E-state index in [1.165, 1.54) is 77.9 Å². The van der Waals surface area contributed by atoms with E-state index in [2.05, 4.69) is 21.6 Å². The Bertz CT molecular complexity index is 268. The lowest BCUT2D eigenvalue weighted by molar-refractivity contribution is 0.00681. The Hall–Kier alpha value is -0.120. The molecule has 0 N–H and O–H groups in total. The van der Waals surface area contributed by atoms with Crippen LogP contribution in [0.2, 0.25) is 0 Å². The fourth-order valence-corrected chi connectivity index (χ4v) is 4.13. The van der Waals surface area contributed by atoms with Crippen LogP contribution in [0.5, 0.6) is 0 Å². The summed E-state index contributed by atoms with van der Waals surface area (Å²) >= 11 is 0. The minimum Gasteiger partial charge on any atom is -0.302 e. The predicted molar refractivity (Wildman–Crippen MR) is 75.9 cm³/mol. The van der Waals surface area contributed by atoms with Crippen LogP contribution in [0.25, 0.3) is 0 Å². The maximum absolute atomic E-state index is 2.81. The molecular formula is C15H29N3. The van der Waals surface area contributed by atoms with Crippen LogP contribution < -0.4 is 0 Å². The van der Waals surface area contributed by atoms with E-state index in [-0.39, 0.29) is 0 Å². The number of nitrogens with zero attached hydrogens (tertiary/aromatic N) is 3. The summed E-state index contributed by atoms with van der Waals surface area (Å²) in [6.45, 7) is 11.6. The lowest BCUT2D eigenvalue weighted by Crippen LogP contribution is -2.59. The molecule has 0 aromatic carbocycles. The number of hydrogen-bond donors (Lipinski definition) is 0. The van der Waals surface area contributed by atoms with Gasteiger partial charge in [0.1, 0.15) is 0 Å². The second-order valence-electron chi connectivity index (χ2n) is 6.37. The van der Waals surface area contributed by atoms with Crippen molar-refractivity contribution in [3.8, 4) is 0 Å². The molecule has 104 valence electrons. The number of piperidine rings is 2. The van der Waals surface area contributed by atoms with Crippen molar-refractivity contribution in [3.63, 3.8) is 0 Å². The van der Waals surface area contributed by atoms with Gasteiger partial charge in [0.05, 0.1) is 0 Å². The molecule has 18 heavy (non-hydrogen) atoms. The van der Waals surface area contributed by atoms with Crippen molar-refractivity contribution in [1.29, 1.82) is 0 Å². The van der Waals surface area contributed by atoms with Crippen molar-refractivity contribution >= 4 is 0 Å². The number of likely N-dealkylation sites (N-methyl/N-ethyl adjacent to an activating group) is 1. The third-order valence-corrected chi connectivity index (χ3v) is 5.31. The Morgan fingerprint density at radius 1 is 0.778 bits per heavy atom. The summed E-state index contributed by atoms with van der Waals surface area (Å²) < 4.78 is 0. The first-order valence-electron chi connectivity index (χ1n) is 8.07. The smallest absolute Gasteiger partial charge is 0.0224 e. The van der Waals surface area contributed by atoms with E-state index in [0.29, 0.717) is 0 Å². The van der Waals surface area contributed by atoms with E-state index in [9.17, 15) is 0 Å². The Morgan fingerprint density at radius 2 is 1.56 bits per heavy atom. The molecule has 0 bridgehead atoms. The molecule has 3 saturated heterocycles. The molecule has 3 aliphatic heterocycles. The highest BCUT2D eigenvalue weighted by Crippen LogP contribution is 2.24. The van der Waals surface area contributed by atoms with Crippen LogP contribution in [0, 0.1) is 0 Å². The van der Waals surface area contributed by atoms with Gasteiger partial charge in [0.15, 0.2) is 0 Å². The maximum atomic E-state index is 2.81. The summed E-state index contributed by atoms with van der Waals surface area (Å²) in [6, 6.07) is 1.73. The molecule has 0 aliphatic carbocycles. The molecule has 0 spiro atoms. The highest BCUT2D eigenvalue weighted by Gasteiger charge is 2.33. The third kappa shape index (κ3) is 2.73. The van der Waals surface area contributed by atoms with Crippen molar-refractivity contribution in [2.24, 2.45) is 0 Å². The SMILES string of the molecule is CCN1CCCC(N2CCN3CCCCC3C2)C1. The van der Waals surface area contributed by atoms with Crippen LogP contribution in [0.15, 0.2) is 0 Å². The highest BCUT2D eigenvalue weighted by molar-refractivity contribution is 4.90. The molecular weight excluding hydrogens is 222 g/mol. The second-order valence-corrected chi connectivity index (χ2v) is 6.37. The fourth-order valence-electron chi connectivity index (χ4n) is 4.13. The molecule has 3 heteroatoms. The Labute approximate surface area is 112 Å². The first-order chi connectivity index (χ1) is 8.86. The van der Waals surface area contributed by atoms with Crippen LogP contribution in [0.4, 0.5) is 0 Å². The van der Waals surface area contributed by atoms with Gasteiger partial charge in [-0.15, -0.1) is 0 Å². The Morgan fingerprint density at radius 3 is 2.44 bits per heavy atom. The van der Waals surface area contributed by atoms with Gasteiger partial charge in [0.2, 0.25) is 0 Å². The molecule has 2 unspecified atom stereocenters. The topological polar surface area (TPSA) is 9.72 Å². The van der Waals surface area contributed by atoms with Crippen LogP contribution in [0.3, 0.4) is 0 Å². The van der Waals surface area contributed by atoms with E-state index in [1.54, 1.807) is 0 Å². The largest absolute Gasteiger partial charge is 0.302 e. The quantitative estimate of drug-likeness (QED) is 0.739. The number of rotatable bonds is 2. The molecule has 3 fully saturated rings. The van der Waals surface area contributed by atoms with Crippen molar-refractivity contribution < 1.29 is 0 Å². The normalized spacial score (nSPS) is 36.5. The molecule has 0 aromatic rings. The Balaban J connectivity index is 1.56. The first kappa shape index (κ1) is 12.9. The molecule has 3 nitrogen and oxygen atoms in total. The third-order valence-electron chi connectivity index (χ3n) is 5.31. The minimum absolute atomic E-state index is 0.850. The number of piperazine rings is 1. The summed E-state index contributed by atoms with van der Waals surface area (Å²) in [5, 5.41) is 0. The van der Waals surface area contributed by atoms with Gasteiger partial charge in [0.25, 0.3) is 0 Å². The van der Waals surface area contributed by atoms with Crippen LogP contribution in [0.1, 0.15) is 39.0 Å². The van der Waals surface area contributed by atoms with Gasteiger partial charge >= 0.3 is 0 Å². The molecule has 3 heterocycles. The predicted octanol–water partition coefficient (Wildman–Crippen LogP) is 1.64. The standard InChI is InChI=1S/C15H29N3/c1-2-16-8-5-7-14(12-16)18-11-10-17-9-4-3-6-15(17)13-18/h14-15H,2-13H2,1H3. The minimum atomic E-state index is 0.850. The summed E-state index contributed by atoms with van der Waals surface area (Å²) in [7, 11) is 0. The first-order valence-corrected chi connectivity index (χ1v) is 8.07. The zero-order chi connectivity index (χ0) is 12.4. The molecule has 2 atom stereocenters. The van der Waals surface area contributed by atoms with Crippen LogP contribution in [-0.4, -0.2) is 72.6 Å². The van der Waals surface area contributed by atoms with Gasteiger partial charge in [-0.2, -0.15) is 0 Å². The number of hydrogen-bond acceptors (Lipinski definition) is 3. The van der Waals surface area contributed by atoms with Crippen molar-refractivity contribution in [3.05, 3.63) is 0 Å². The van der Waals surface area contributed by atoms with Crippen LogP contribution in [-0.2, 0) is 0 Å². The van der Waals surface area contributed by atoms with Gasteiger partial charge in [0, 0.05) is 38.3 Å². The van der Waals surface area contributed by atoms with Gasteiger partial charge < -0.3 is 4.90 Å². The van der Waals surface area contributed by atoms with Crippen molar-refractivity contribution in [1.82, 2.24) is 14.7 Å². The lowest BCUT2D eigenvalue weighted by Gasteiger charge is -2.48. The summed E-state index contributed by atoms with van der Waals surface area (Å²) in [5.41, 5.74) is 0. The highest BCUT2D eigenvalue weighted by atomic mass is 15.3. The fraction of sp³-hybridized carbons (Fsp3) is 1.00. The summed E-state index contributed by atoms with van der Waals surface area (Å²) in [4.78, 5) is 8.20. The van der Waals surface area contributed by atoms with Crippen molar-refractivity contribution in [2.45, 2.75) is 51.1 Å². The number of fused-ring (bicyclic) bond motifs is 1. The van der Waals surface area contributed by atoms with E-state index < -0.39 is 0 Å². The van der Waals surface area contributed by atoms with Gasteiger partial charge in [-0.3, -0.25) is 9.80 Å². The molecule has 3 rings (SSSR count). The monoisotopic (exact) mass is 251 g/mol. The molecule has 3 aliphatic rings. The Kier molecular flexibility index (Phi) is 4.22. The van der Waals surface area contributed by atoms with Crippen LogP contribution >= 0.6 is 0 Å². The van der Waals surface area contributed by atoms with E-state index in [0.717, 1.165) is 12.1 Å². The maximum Gasteiger partial charge on any atom is 0.0224 e.